The molecule has 3 N–H and O–H groups in total. The number of hydrogen-bond acceptors (Lipinski definition) is 7. The van der Waals surface area contributed by atoms with Gasteiger partial charge in [0.2, 0.25) is 0 Å². The van der Waals surface area contributed by atoms with Crippen molar-refractivity contribution in [3.05, 3.63) is 36.2 Å². The molecule has 0 atom stereocenters. The number of esters is 1. The van der Waals surface area contributed by atoms with Gasteiger partial charge in [-0.25, -0.2) is 19.6 Å². The van der Waals surface area contributed by atoms with Crippen LogP contribution in [0.15, 0.2) is 30.5 Å². The minimum atomic E-state index is -0.657. The predicted molar refractivity (Wildman–Crippen MR) is 93.1 cm³/mol. The summed E-state index contributed by atoms with van der Waals surface area (Å²) in [7, 11) is 1.24. The van der Waals surface area contributed by atoms with Gasteiger partial charge in [-0.15, -0.1) is 0 Å². The van der Waals surface area contributed by atoms with E-state index in [1.54, 1.807) is 45.0 Å². The largest absolute Gasteiger partial charge is 0.464 e. The number of nitrogen functional groups attached to an aromatic ring is 1. The van der Waals surface area contributed by atoms with Crippen molar-refractivity contribution in [2.24, 2.45) is 0 Å². The average molecular weight is 344 g/mol. The Morgan fingerprint density at radius 3 is 2.36 bits per heavy atom. The zero-order chi connectivity index (χ0) is 18.6. The quantitative estimate of drug-likeness (QED) is 0.822. The second-order valence-electron chi connectivity index (χ2n) is 6.18. The van der Waals surface area contributed by atoms with Crippen LogP contribution in [0.1, 0.15) is 31.3 Å². The zero-order valence-corrected chi connectivity index (χ0v) is 14.5. The summed E-state index contributed by atoms with van der Waals surface area (Å²) in [5.74, 6) is -0.658. The van der Waals surface area contributed by atoms with Gasteiger partial charge >= 0.3 is 12.1 Å². The third-order valence-corrected chi connectivity index (χ3v) is 3.01. The number of nitrogens with zero attached hydrogens (tertiary/aromatic N) is 2. The average Bonchev–Trinajstić information content (AvgIpc) is 2.53. The number of nitrogens with one attached hydrogen (secondary N) is 1. The highest BCUT2D eigenvalue weighted by molar-refractivity contribution is 5.92. The summed E-state index contributed by atoms with van der Waals surface area (Å²) in [6.45, 7) is 5.36. The van der Waals surface area contributed by atoms with Crippen LogP contribution in [0.2, 0.25) is 0 Å². The lowest BCUT2D eigenvalue weighted by Gasteiger charge is -2.19. The van der Waals surface area contributed by atoms with Gasteiger partial charge in [-0.1, -0.05) is 12.1 Å². The van der Waals surface area contributed by atoms with Crippen molar-refractivity contribution in [2.75, 3.05) is 18.2 Å². The normalized spacial score (nSPS) is 10.9. The van der Waals surface area contributed by atoms with Gasteiger partial charge < -0.3 is 15.2 Å². The molecule has 1 aromatic carbocycles. The van der Waals surface area contributed by atoms with Crippen LogP contribution in [0.25, 0.3) is 11.3 Å². The van der Waals surface area contributed by atoms with E-state index in [0.717, 1.165) is 0 Å². The monoisotopic (exact) mass is 344 g/mol. The fraction of sp³-hybridized carbons (Fsp3) is 0.294. The van der Waals surface area contributed by atoms with Crippen LogP contribution in [0.3, 0.4) is 0 Å². The Labute approximate surface area is 145 Å². The Hall–Kier alpha value is -3.16. The van der Waals surface area contributed by atoms with E-state index in [4.69, 9.17) is 10.5 Å². The molecule has 25 heavy (non-hydrogen) atoms. The molecule has 0 bridgehead atoms. The van der Waals surface area contributed by atoms with E-state index in [-0.39, 0.29) is 11.5 Å². The predicted octanol–water partition coefficient (Wildman–Crippen LogP) is 2.86. The zero-order valence-electron chi connectivity index (χ0n) is 14.5. The number of rotatable bonds is 3. The standard InChI is InChI=1S/C17H20N4O4/c1-17(2,3)25-16(23)20-11-7-5-10(6-8-11)12-9-19-14(18)13(21-12)15(22)24-4/h5-9H,1-4H3,(H2,18,19)(H,20,23). The molecule has 0 aliphatic carbocycles. The third kappa shape index (κ3) is 4.90. The number of hydrogen-bond donors (Lipinski definition) is 2. The Kier molecular flexibility index (Phi) is 5.21. The van der Waals surface area contributed by atoms with E-state index in [1.165, 1.54) is 13.3 Å². The van der Waals surface area contributed by atoms with Gasteiger partial charge in [0.05, 0.1) is 19.0 Å². The highest BCUT2D eigenvalue weighted by Gasteiger charge is 2.17. The maximum atomic E-state index is 11.8. The van der Waals surface area contributed by atoms with E-state index in [0.29, 0.717) is 16.9 Å². The van der Waals surface area contributed by atoms with Crippen LogP contribution in [0.5, 0.6) is 0 Å². The highest BCUT2D eigenvalue weighted by atomic mass is 16.6. The van der Waals surface area contributed by atoms with Crippen LogP contribution < -0.4 is 11.1 Å². The number of anilines is 2. The Bertz CT molecular complexity index is 782. The number of carbonyl (C=O) groups is 2. The van der Waals surface area contributed by atoms with Crippen molar-refractivity contribution in [1.29, 1.82) is 0 Å². The molecule has 0 aliphatic rings. The van der Waals surface area contributed by atoms with Gasteiger partial charge in [-0.3, -0.25) is 5.32 Å². The van der Waals surface area contributed by atoms with Crippen molar-refractivity contribution in [1.82, 2.24) is 9.97 Å². The van der Waals surface area contributed by atoms with Gasteiger partial charge in [-0.05, 0) is 32.9 Å². The van der Waals surface area contributed by atoms with Gasteiger partial charge in [0.1, 0.15) is 5.60 Å². The van der Waals surface area contributed by atoms with Gasteiger partial charge in [0.15, 0.2) is 11.5 Å². The molecule has 0 fully saturated rings. The molecule has 8 heteroatoms. The first-order chi connectivity index (χ1) is 11.7. The first-order valence-corrected chi connectivity index (χ1v) is 7.51. The first kappa shape index (κ1) is 18.2. The second kappa shape index (κ2) is 7.16. The van der Waals surface area contributed by atoms with Crippen LogP contribution in [-0.2, 0) is 9.47 Å². The maximum absolute atomic E-state index is 11.8. The number of amides is 1. The van der Waals surface area contributed by atoms with Crippen molar-refractivity contribution in [3.63, 3.8) is 0 Å². The molecule has 0 saturated heterocycles. The summed E-state index contributed by atoms with van der Waals surface area (Å²) in [5.41, 5.74) is 6.74. The van der Waals surface area contributed by atoms with Gasteiger partial charge in [0, 0.05) is 11.3 Å². The Morgan fingerprint density at radius 2 is 1.80 bits per heavy atom. The summed E-state index contributed by atoms with van der Waals surface area (Å²) in [6.07, 6.45) is 0.915. The summed E-state index contributed by atoms with van der Waals surface area (Å²) in [4.78, 5) is 31.5. The molecular weight excluding hydrogens is 324 g/mol. The summed E-state index contributed by atoms with van der Waals surface area (Å²) in [6, 6.07) is 6.84. The van der Waals surface area contributed by atoms with Crippen molar-refractivity contribution in [2.45, 2.75) is 26.4 Å². The van der Waals surface area contributed by atoms with E-state index >= 15 is 0 Å². The first-order valence-electron chi connectivity index (χ1n) is 7.51. The van der Waals surface area contributed by atoms with E-state index in [1.807, 2.05) is 0 Å². The molecule has 8 nitrogen and oxygen atoms in total. The van der Waals surface area contributed by atoms with Crippen molar-refractivity contribution >= 4 is 23.6 Å². The lowest BCUT2D eigenvalue weighted by atomic mass is 10.1. The Balaban J connectivity index is 2.17. The third-order valence-electron chi connectivity index (χ3n) is 3.01. The summed E-state index contributed by atoms with van der Waals surface area (Å²) < 4.78 is 9.81. The summed E-state index contributed by atoms with van der Waals surface area (Å²) >= 11 is 0. The topological polar surface area (TPSA) is 116 Å². The molecule has 0 radical (unpaired) electrons. The minimum Gasteiger partial charge on any atom is -0.464 e. The number of ether oxygens (including phenoxy) is 2. The Morgan fingerprint density at radius 1 is 1.16 bits per heavy atom. The lowest BCUT2D eigenvalue weighted by Crippen LogP contribution is -2.27. The van der Waals surface area contributed by atoms with E-state index in [9.17, 15) is 9.59 Å². The molecule has 0 unspecified atom stereocenters. The smallest absolute Gasteiger partial charge is 0.412 e. The fourth-order valence-corrected chi connectivity index (χ4v) is 1.93. The highest BCUT2D eigenvalue weighted by Crippen LogP contribution is 2.21. The van der Waals surface area contributed by atoms with Gasteiger partial charge in [-0.2, -0.15) is 0 Å². The molecular formula is C17H20N4O4. The SMILES string of the molecule is COC(=O)c1nc(-c2ccc(NC(=O)OC(C)(C)C)cc2)cnc1N. The van der Waals surface area contributed by atoms with Crippen LogP contribution >= 0.6 is 0 Å². The molecule has 0 saturated carbocycles. The van der Waals surface area contributed by atoms with Crippen LogP contribution in [0.4, 0.5) is 16.3 Å². The molecule has 1 amide bonds. The number of carbonyl (C=O) groups excluding carboxylic acids is 2. The molecule has 1 heterocycles. The molecule has 0 aliphatic heterocycles. The molecule has 1 aromatic heterocycles. The fourth-order valence-electron chi connectivity index (χ4n) is 1.93. The molecule has 2 rings (SSSR count). The van der Waals surface area contributed by atoms with E-state index in [2.05, 4.69) is 20.0 Å². The number of nitrogens with two attached hydrogens (primary N) is 1. The number of aromatic nitrogens is 2. The minimum absolute atomic E-state index is 0.00110. The van der Waals surface area contributed by atoms with E-state index < -0.39 is 17.7 Å². The van der Waals surface area contributed by atoms with Crippen molar-refractivity contribution < 1.29 is 19.1 Å². The molecule has 2 aromatic rings. The summed E-state index contributed by atoms with van der Waals surface area (Å²) in [5, 5.41) is 2.63. The van der Waals surface area contributed by atoms with Gasteiger partial charge in [0.25, 0.3) is 0 Å². The van der Waals surface area contributed by atoms with Crippen LogP contribution in [-0.4, -0.2) is 34.7 Å². The van der Waals surface area contributed by atoms with Crippen LogP contribution in [0, 0.1) is 0 Å². The number of benzene rings is 1. The van der Waals surface area contributed by atoms with Crippen molar-refractivity contribution in [3.8, 4) is 11.3 Å². The molecule has 0 spiro atoms. The maximum Gasteiger partial charge on any atom is 0.412 e. The lowest BCUT2D eigenvalue weighted by molar-refractivity contribution is 0.0592. The number of methoxy groups -OCH3 is 1. The second-order valence-corrected chi connectivity index (χ2v) is 6.18. The molecule has 132 valence electrons.